The van der Waals surface area contributed by atoms with E-state index in [4.69, 9.17) is 0 Å². The van der Waals surface area contributed by atoms with Crippen LogP contribution in [0.4, 0.5) is 18.9 Å². The summed E-state index contributed by atoms with van der Waals surface area (Å²) in [7, 11) is -3.59. The van der Waals surface area contributed by atoms with Crippen molar-refractivity contribution in [1.29, 1.82) is 0 Å². The standard InChI is InChI=1S/C19H20F3N3O4S/c20-19(21,22)13-29-17-7-6-15(12-23-17)24-18(26)14-8-10-25(11-9-14)30(27,28)16-4-2-1-3-5-16/h1-7,12,14H,8-11,13H2,(H,24,26). The summed E-state index contributed by atoms with van der Waals surface area (Å²) < 4.78 is 67.6. The Morgan fingerprint density at radius 3 is 2.37 bits per heavy atom. The first-order chi connectivity index (χ1) is 14.1. The molecule has 1 amide bonds. The zero-order chi connectivity index (χ0) is 21.8. The fourth-order valence-electron chi connectivity index (χ4n) is 3.04. The average molecular weight is 443 g/mol. The van der Waals surface area contributed by atoms with E-state index in [0.717, 1.165) is 0 Å². The minimum absolute atomic E-state index is 0.204. The number of sulfonamides is 1. The normalized spacial score (nSPS) is 16.2. The first-order valence-electron chi connectivity index (χ1n) is 9.17. The van der Waals surface area contributed by atoms with Crippen molar-refractivity contribution >= 4 is 21.6 Å². The molecule has 1 aromatic heterocycles. The molecule has 1 aliphatic heterocycles. The molecule has 0 aliphatic carbocycles. The van der Waals surface area contributed by atoms with Gasteiger partial charge in [0.15, 0.2) is 6.61 Å². The van der Waals surface area contributed by atoms with E-state index < -0.39 is 22.8 Å². The molecule has 1 saturated heterocycles. The highest BCUT2D eigenvalue weighted by molar-refractivity contribution is 7.89. The molecule has 3 rings (SSSR count). The van der Waals surface area contributed by atoms with Crippen molar-refractivity contribution in [3.05, 3.63) is 48.7 Å². The number of rotatable bonds is 6. The van der Waals surface area contributed by atoms with E-state index in [1.165, 1.54) is 34.8 Å². The molecule has 0 unspecified atom stereocenters. The molecule has 0 atom stereocenters. The lowest BCUT2D eigenvalue weighted by atomic mass is 9.97. The number of nitrogens with zero attached hydrogens (tertiary/aromatic N) is 2. The van der Waals surface area contributed by atoms with Crippen LogP contribution < -0.4 is 10.1 Å². The van der Waals surface area contributed by atoms with E-state index in [2.05, 4.69) is 15.0 Å². The summed E-state index contributed by atoms with van der Waals surface area (Å²) in [5.41, 5.74) is 0.318. The van der Waals surface area contributed by atoms with Gasteiger partial charge in [-0.3, -0.25) is 4.79 Å². The van der Waals surface area contributed by atoms with Crippen molar-refractivity contribution in [1.82, 2.24) is 9.29 Å². The zero-order valence-electron chi connectivity index (χ0n) is 15.8. The van der Waals surface area contributed by atoms with Gasteiger partial charge in [-0.15, -0.1) is 0 Å². The maximum Gasteiger partial charge on any atom is 0.422 e. The summed E-state index contributed by atoms with van der Waals surface area (Å²) in [6.07, 6.45) is -2.54. The van der Waals surface area contributed by atoms with Crippen LogP contribution in [0.1, 0.15) is 12.8 Å². The number of aromatic nitrogens is 1. The van der Waals surface area contributed by atoms with Gasteiger partial charge in [0.05, 0.1) is 16.8 Å². The molecule has 1 N–H and O–H groups in total. The number of carbonyl (C=O) groups is 1. The SMILES string of the molecule is O=C(Nc1ccc(OCC(F)(F)F)nc1)C1CCN(S(=O)(=O)c2ccccc2)CC1. The summed E-state index contributed by atoms with van der Waals surface area (Å²) in [4.78, 5) is 16.4. The van der Waals surface area contributed by atoms with Gasteiger partial charge in [0.1, 0.15) is 0 Å². The molecule has 1 fully saturated rings. The number of alkyl halides is 3. The molecule has 0 spiro atoms. The van der Waals surface area contributed by atoms with Gasteiger partial charge in [-0.1, -0.05) is 18.2 Å². The number of halogens is 3. The molecule has 0 saturated carbocycles. The van der Waals surface area contributed by atoms with Gasteiger partial charge >= 0.3 is 6.18 Å². The smallest absolute Gasteiger partial charge is 0.422 e. The molecule has 1 aromatic carbocycles. The number of pyridine rings is 1. The molecule has 11 heteroatoms. The largest absolute Gasteiger partial charge is 0.468 e. The van der Waals surface area contributed by atoms with Crippen molar-refractivity contribution in [3.63, 3.8) is 0 Å². The maximum atomic E-state index is 12.6. The van der Waals surface area contributed by atoms with E-state index in [9.17, 15) is 26.4 Å². The molecule has 1 aliphatic rings. The molecule has 7 nitrogen and oxygen atoms in total. The molecule has 0 radical (unpaired) electrons. The summed E-state index contributed by atoms with van der Waals surface area (Å²) in [5, 5.41) is 2.65. The minimum atomic E-state index is -4.46. The summed E-state index contributed by atoms with van der Waals surface area (Å²) in [6.45, 7) is -1.01. The quantitative estimate of drug-likeness (QED) is 0.741. The monoisotopic (exact) mass is 443 g/mol. The third-order valence-corrected chi connectivity index (χ3v) is 6.51. The number of hydrogen-bond donors (Lipinski definition) is 1. The molecule has 30 heavy (non-hydrogen) atoms. The van der Waals surface area contributed by atoms with Crippen molar-refractivity contribution < 1.29 is 31.1 Å². The number of nitrogens with one attached hydrogen (secondary N) is 1. The Bertz CT molecular complexity index is 959. The third-order valence-electron chi connectivity index (χ3n) is 4.59. The highest BCUT2D eigenvalue weighted by atomic mass is 32.2. The number of benzene rings is 1. The van der Waals surface area contributed by atoms with Crippen LogP contribution >= 0.6 is 0 Å². The number of carbonyl (C=O) groups excluding carboxylic acids is 1. The molecule has 2 heterocycles. The van der Waals surface area contributed by atoms with Crippen LogP contribution in [0.5, 0.6) is 5.88 Å². The van der Waals surface area contributed by atoms with E-state index in [0.29, 0.717) is 18.5 Å². The number of piperidine rings is 1. The molecular formula is C19H20F3N3O4S. The second-order valence-electron chi connectivity index (χ2n) is 6.77. The van der Waals surface area contributed by atoms with Crippen LogP contribution in [-0.4, -0.2) is 49.5 Å². The average Bonchev–Trinajstić information content (AvgIpc) is 2.73. The second kappa shape index (κ2) is 9.00. The lowest BCUT2D eigenvalue weighted by molar-refractivity contribution is -0.154. The van der Waals surface area contributed by atoms with E-state index in [1.807, 2.05) is 0 Å². The number of ether oxygens (including phenoxy) is 1. The molecule has 0 bridgehead atoms. The highest BCUT2D eigenvalue weighted by Crippen LogP contribution is 2.25. The van der Waals surface area contributed by atoms with Gasteiger partial charge in [-0.2, -0.15) is 17.5 Å². The molecular weight excluding hydrogens is 423 g/mol. The van der Waals surface area contributed by atoms with Crippen LogP contribution in [0.3, 0.4) is 0 Å². The predicted molar refractivity (Wildman–Crippen MR) is 102 cm³/mol. The summed E-state index contributed by atoms with van der Waals surface area (Å²) >= 11 is 0. The number of amides is 1. The summed E-state index contributed by atoms with van der Waals surface area (Å²) in [5.74, 6) is -0.879. The van der Waals surface area contributed by atoms with Crippen LogP contribution in [0.15, 0.2) is 53.6 Å². The van der Waals surface area contributed by atoms with Gasteiger partial charge in [-0.05, 0) is 31.0 Å². The van der Waals surface area contributed by atoms with Gasteiger partial charge in [0.2, 0.25) is 21.8 Å². The van der Waals surface area contributed by atoms with E-state index in [1.54, 1.807) is 18.2 Å². The Kier molecular flexibility index (Phi) is 6.61. The van der Waals surface area contributed by atoms with Crippen LogP contribution in [-0.2, 0) is 14.8 Å². The Morgan fingerprint density at radius 1 is 1.13 bits per heavy atom. The van der Waals surface area contributed by atoms with Crippen LogP contribution in [0, 0.1) is 5.92 Å². The predicted octanol–water partition coefficient (Wildman–Crippen LogP) is 3.06. The minimum Gasteiger partial charge on any atom is -0.468 e. The zero-order valence-corrected chi connectivity index (χ0v) is 16.6. The number of hydrogen-bond acceptors (Lipinski definition) is 5. The van der Waals surface area contributed by atoms with Crippen LogP contribution in [0.25, 0.3) is 0 Å². The molecule has 2 aromatic rings. The Labute approximate surface area is 171 Å². The number of anilines is 1. The first-order valence-corrected chi connectivity index (χ1v) is 10.6. The lowest BCUT2D eigenvalue weighted by Gasteiger charge is -2.30. The summed E-state index contributed by atoms with van der Waals surface area (Å²) in [6, 6.07) is 10.7. The van der Waals surface area contributed by atoms with Crippen molar-refractivity contribution in [2.75, 3.05) is 25.0 Å². The molecule has 162 valence electrons. The Balaban J connectivity index is 1.52. The maximum absolute atomic E-state index is 12.6. The Morgan fingerprint density at radius 2 is 1.80 bits per heavy atom. The van der Waals surface area contributed by atoms with E-state index >= 15 is 0 Å². The third kappa shape index (κ3) is 5.70. The lowest BCUT2D eigenvalue weighted by Crippen LogP contribution is -2.41. The van der Waals surface area contributed by atoms with Crippen molar-refractivity contribution in [3.8, 4) is 5.88 Å². The van der Waals surface area contributed by atoms with Gasteiger partial charge in [0, 0.05) is 25.1 Å². The van der Waals surface area contributed by atoms with Crippen LogP contribution in [0.2, 0.25) is 0 Å². The van der Waals surface area contributed by atoms with Gasteiger partial charge < -0.3 is 10.1 Å². The van der Waals surface area contributed by atoms with Gasteiger partial charge in [0.25, 0.3) is 0 Å². The highest BCUT2D eigenvalue weighted by Gasteiger charge is 2.32. The fraction of sp³-hybridized carbons (Fsp3) is 0.368. The van der Waals surface area contributed by atoms with Crippen molar-refractivity contribution in [2.24, 2.45) is 5.92 Å². The second-order valence-corrected chi connectivity index (χ2v) is 8.71. The topological polar surface area (TPSA) is 88.6 Å². The van der Waals surface area contributed by atoms with E-state index in [-0.39, 0.29) is 35.7 Å². The van der Waals surface area contributed by atoms with Crippen molar-refractivity contribution in [2.45, 2.75) is 23.9 Å². The fourth-order valence-corrected chi connectivity index (χ4v) is 4.53. The Hall–Kier alpha value is -2.66. The van der Waals surface area contributed by atoms with Gasteiger partial charge in [-0.25, -0.2) is 13.4 Å². The first kappa shape index (κ1) is 22.0.